The summed E-state index contributed by atoms with van der Waals surface area (Å²) in [6.45, 7) is 1.41. The second-order valence-corrected chi connectivity index (χ2v) is 8.37. The molecule has 29 heavy (non-hydrogen) atoms. The molecule has 4 rings (SSSR count). The lowest BCUT2D eigenvalue weighted by Crippen LogP contribution is -3.05. The Kier molecular flexibility index (Phi) is 5.38. The summed E-state index contributed by atoms with van der Waals surface area (Å²) in [6.07, 6.45) is 0.799. The Labute approximate surface area is 178 Å². The Bertz CT molecular complexity index is 1160. The number of para-hydroxylation sites is 1. The van der Waals surface area contributed by atoms with E-state index >= 15 is 0 Å². The van der Waals surface area contributed by atoms with Gasteiger partial charge in [0.15, 0.2) is 5.43 Å². The van der Waals surface area contributed by atoms with E-state index < -0.39 is 6.04 Å². The van der Waals surface area contributed by atoms with Gasteiger partial charge in [-0.2, -0.15) is 0 Å². The normalized spacial score (nSPS) is 16.1. The smallest absolute Gasteiger partial charge is 0.290 e. The predicted molar refractivity (Wildman–Crippen MR) is 114 cm³/mol. The number of fused-ring (bicyclic) bond motifs is 2. The number of nitrogens with one attached hydrogen (secondary N) is 1. The first kappa shape index (κ1) is 20.0. The highest BCUT2D eigenvalue weighted by molar-refractivity contribution is 6.42. The molecule has 1 amide bonds. The van der Waals surface area contributed by atoms with Crippen LogP contribution in [-0.2, 0) is 0 Å². The van der Waals surface area contributed by atoms with Crippen molar-refractivity contribution in [2.45, 2.75) is 12.5 Å². The van der Waals surface area contributed by atoms with E-state index in [2.05, 4.69) is 14.1 Å². The molecule has 0 saturated carbocycles. The lowest BCUT2D eigenvalue weighted by atomic mass is 9.98. The van der Waals surface area contributed by atoms with E-state index in [0.717, 1.165) is 18.5 Å². The minimum atomic E-state index is -0.551. The lowest BCUT2D eigenvalue weighted by molar-refractivity contribution is -0.858. The third kappa shape index (κ3) is 3.54. The van der Waals surface area contributed by atoms with Crippen molar-refractivity contribution in [2.75, 3.05) is 27.2 Å². The number of halogens is 2. The first-order chi connectivity index (χ1) is 13.9. The van der Waals surface area contributed by atoms with E-state index in [4.69, 9.17) is 27.6 Å². The average molecular weight is 432 g/mol. The summed E-state index contributed by atoms with van der Waals surface area (Å²) in [7, 11) is 4.13. The number of hydrogen-bond donors (Lipinski definition) is 1. The number of nitrogens with zero attached hydrogens (tertiary/aromatic N) is 1. The molecular weight excluding hydrogens is 411 g/mol. The van der Waals surface area contributed by atoms with Crippen molar-refractivity contribution in [2.24, 2.45) is 0 Å². The zero-order chi connectivity index (χ0) is 20.7. The number of hydrogen-bond acceptors (Lipinski definition) is 3. The zero-order valence-electron chi connectivity index (χ0n) is 16.2. The van der Waals surface area contributed by atoms with Gasteiger partial charge in [-0.3, -0.25) is 9.59 Å². The van der Waals surface area contributed by atoms with Crippen LogP contribution in [0.25, 0.3) is 11.0 Å². The van der Waals surface area contributed by atoms with Crippen LogP contribution in [0, 0.1) is 0 Å². The monoisotopic (exact) mass is 431 g/mol. The molecular formula is C22H21Cl2N2O3+. The van der Waals surface area contributed by atoms with Crippen molar-refractivity contribution in [3.05, 3.63) is 79.6 Å². The minimum Gasteiger partial charge on any atom is -0.450 e. The van der Waals surface area contributed by atoms with Crippen molar-refractivity contribution >= 4 is 40.1 Å². The molecule has 0 fully saturated rings. The molecule has 1 aliphatic heterocycles. The molecule has 150 valence electrons. The highest BCUT2D eigenvalue weighted by atomic mass is 35.5. The first-order valence-corrected chi connectivity index (χ1v) is 10.2. The second kappa shape index (κ2) is 7.82. The molecule has 0 unspecified atom stereocenters. The first-order valence-electron chi connectivity index (χ1n) is 9.49. The average Bonchev–Trinajstić information content (AvgIpc) is 2.96. The Morgan fingerprint density at radius 2 is 1.83 bits per heavy atom. The topological polar surface area (TPSA) is 55.0 Å². The van der Waals surface area contributed by atoms with E-state index in [1.807, 2.05) is 0 Å². The summed E-state index contributed by atoms with van der Waals surface area (Å²) in [5.41, 5.74) is 1.33. The summed E-state index contributed by atoms with van der Waals surface area (Å²) < 4.78 is 5.91. The van der Waals surface area contributed by atoms with Crippen LogP contribution in [0.2, 0.25) is 10.0 Å². The van der Waals surface area contributed by atoms with E-state index in [0.29, 0.717) is 33.1 Å². The maximum atomic E-state index is 13.3. The number of benzene rings is 2. The van der Waals surface area contributed by atoms with E-state index in [9.17, 15) is 9.59 Å². The molecule has 7 heteroatoms. The fraction of sp³-hybridized carbons (Fsp3) is 0.273. The van der Waals surface area contributed by atoms with Crippen LogP contribution in [0.15, 0.2) is 51.7 Å². The largest absolute Gasteiger partial charge is 0.450 e. The highest BCUT2D eigenvalue weighted by Gasteiger charge is 2.42. The number of carbonyl (C=O) groups excluding carboxylic acids is 1. The fourth-order valence-corrected chi connectivity index (χ4v) is 4.14. The summed E-state index contributed by atoms with van der Waals surface area (Å²) in [5, 5.41) is 1.27. The molecule has 0 radical (unpaired) electrons. The van der Waals surface area contributed by atoms with Gasteiger partial charge in [0, 0.05) is 13.0 Å². The van der Waals surface area contributed by atoms with Gasteiger partial charge >= 0.3 is 0 Å². The molecule has 5 nitrogen and oxygen atoms in total. The zero-order valence-corrected chi connectivity index (χ0v) is 17.7. The van der Waals surface area contributed by atoms with E-state index in [1.54, 1.807) is 47.4 Å². The van der Waals surface area contributed by atoms with Crippen LogP contribution in [0.1, 0.15) is 34.1 Å². The van der Waals surface area contributed by atoms with Crippen LogP contribution >= 0.6 is 23.2 Å². The van der Waals surface area contributed by atoms with Gasteiger partial charge in [-0.1, -0.05) is 41.4 Å². The summed E-state index contributed by atoms with van der Waals surface area (Å²) in [4.78, 5) is 29.6. The summed E-state index contributed by atoms with van der Waals surface area (Å²) >= 11 is 12.3. The molecule has 2 heterocycles. The van der Waals surface area contributed by atoms with Gasteiger partial charge in [0.1, 0.15) is 5.58 Å². The third-order valence-electron chi connectivity index (χ3n) is 5.21. The standard InChI is InChI=1S/C22H20Cl2N2O3/c1-25(2)10-5-11-26-19(13-8-9-15(23)16(24)12-13)18-20(27)14-6-3-4-7-17(14)29-21(18)22(26)28/h3-4,6-9,12,19H,5,10-11H2,1-2H3/p+1/t19-/m0/s1. The van der Waals surface area contributed by atoms with Crippen molar-refractivity contribution in [3.8, 4) is 0 Å². The van der Waals surface area contributed by atoms with E-state index in [-0.39, 0.29) is 17.1 Å². The Hall–Kier alpha value is -2.34. The number of carbonyl (C=O) groups is 1. The molecule has 0 saturated heterocycles. The maximum Gasteiger partial charge on any atom is 0.290 e. The van der Waals surface area contributed by atoms with Crippen LogP contribution < -0.4 is 10.3 Å². The van der Waals surface area contributed by atoms with Gasteiger partial charge in [-0.25, -0.2) is 0 Å². The van der Waals surface area contributed by atoms with Crippen molar-refractivity contribution < 1.29 is 14.1 Å². The van der Waals surface area contributed by atoms with Crippen LogP contribution in [-0.4, -0.2) is 38.0 Å². The maximum absolute atomic E-state index is 13.3. The molecule has 2 aromatic carbocycles. The predicted octanol–water partition coefficient (Wildman–Crippen LogP) is 3.18. The number of amides is 1. The second-order valence-electron chi connectivity index (χ2n) is 7.56. The van der Waals surface area contributed by atoms with Crippen LogP contribution in [0.5, 0.6) is 0 Å². The van der Waals surface area contributed by atoms with Crippen molar-refractivity contribution in [1.29, 1.82) is 0 Å². The molecule has 1 aliphatic rings. The minimum absolute atomic E-state index is 0.113. The van der Waals surface area contributed by atoms with Gasteiger partial charge in [0.2, 0.25) is 5.76 Å². The van der Waals surface area contributed by atoms with Gasteiger partial charge in [0.05, 0.1) is 47.7 Å². The molecule has 1 atom stereocenters. The Balaban J connectivity index is 1.88. The molecule has 3 aromatic rings. The van der Waals surface area contributed by atoms with Gasteiger partial charge in [-0.05, 0) is 29.8 Å². The van der Waals surface area contributed by atoms with E-state index in [1.165, 1.54) is 4.90 Å². The summed E-state index contributed by atoms with van der Waals surface area (Å²) in [6, 6.07) is 11.7. The van der Waals surface area contributed by atoms with Crippen molar-refractivity contribution in [3.63, 3.8) is 0 Å². The Morgan fingerprint density at radius 1 is 1.07 bits per heavy atom. The van der Waals surface area contributed by atoms with Crippen LogP contribution in [0.3, 0.4) is 0 Å². The Morgan fingerprint density at radius 3 is 2.55 bits per heavy atom. The molecule has 1 aromatic heterocycles. The fourth-order valence-electron chi connectivity index (χ4n) is 3.83. The van der Waals surface area contributed by atoms with Gasteiger partial charge < -0.3 is 14.2 Å². The number of rotatable bonds is 5. The quantitative estimate of drug-likeness (QED) is 0.674. The van der Waals surface area contributed by atoms with Gasteiger partial charge in [-0.15, -0.1) is 0 Å². The number of quaternary nitrogens is 1. The summed E-state index contributed by atoms with van der Waals surface area (Å²) in [5.74, 6) is -0.158. The SMILES string of the molecule is C[NH+](C)CCCN1C(=O)c2oc3ccccc3c(=O)c2[C@@H]1c1ccc(Cl)c(Cl)c1. The molecule has 0 bridgehead atoms. The van der Waals surface area contributed by atoms with Crippen molar-refractivity contribution in [1.82, 2.24) is 4.90 Å². The molecule has 0 aliphatic carbocycles. The van der Waals surface area contributed by atoms with Crippen LogP contribution in [0.4, 0.5) is 0 Å². The molecule has 0 spiro atoms. The third-order valence-corrected chi connectivity index (χ3v) is 5.95. The lowest BCUT2D eigenvalue weighted by Gasteiger charge is -2.25. The van der Waals surface area contributed by atoms with Gasteiger partial charge in [0.25, 0.3) is 5.91 Å². The highest BCUT2D eigenvalue weighted by Crippen LogP contribution is 2.39. The molecule has 1 N–H and O–H groups in total.